The van der Waals surface area contributed by atoms with Crippen molar-refractivity contribution in [1.29, 1.82) is 0 Å². The Labute approximate surface area is 301 Å². The minimum absolute atomic E-state index is 0.0115. The van der Waals surface area contributed by atoms with E-state index < -0.39 is 74.8 Å². The molecule has 7 rings (SSSR count). The quantitative estimate of drug-likeness (QED) is 0.328. The predicted octanol–water partition coefficient (Wildman–Crippen LogP) is 1.38. The summed E-state index contributed by atoms with van der Waals surface area (Å²) < 4.78 is 43.9. The summed E-state index contributed by atoms with van der Waals surface area (Å²) in [5.74, 6) is -1.34. The largest absolute Gasteiger partial charge is 0.497 e. The van der Waals surface area contributed by atoms with Crippen LogP contribution in [0.25, 0.3) is 11.4 Å². The summed E-state index contributed by atoms with van der Waals surface area (Å²) in [7, 11) is -2.32. The van der Waals surface area contributed by atoms with Crippen molar-refractivity contribution in [3.63, 3.8) is 0 Å². The van der Waals surface area contributed by atoms with Crippen LogP contribution in [-0.4, -0.2) is 113 Å². The number of fused-ring (bicyclic) bond motifs is 2. The Kier molecular flexibility index (Phi) is 10.2. The highest BCUT2D eigenvalue weighted by atomic mass is 32.2. The zero-order valence-electron chi connectivity index (χ0n) is 28.9. The lowest BCUT2D eigenvalue weighted by Crippen LogP contribution is -2.58. The van der Waals surface area contributed by atoms with Crippen molar-refractivity contribution in [2.24, 2.45) is 5.92 Å². The fourth-order valence-electron chi connectivity index (χ4n) is 7.11. The lowest BCUT2D eigenvalue weighted by Gasteiger charge is -2.30. The number of aromatic nitrogens is 4. The monoisotopic (exact) mass is 740 g/mol. The van der Waals surface area contributed by atoms with Crippen molar-refractivity contribution in [2.45, 2.75) is 99.2 Å². The summed E-state index contributed by atoms with van der Waals surface area (Å²) in [5.41, 5.74) is -0.813. The summed E-state index contributed by atoms with van der Waals surface area (Å²) >= 11 is 0. The van der Waals surface area contributed by atoms with Crippen LogP contribution < -0.4 is 20.1 Å². The van der Waals surface area contributed by atoms with E-state index in [1.165, 1.54) is 9.70 Å². The summed E-state index contributed by atoms with van der Waals surface area (Å²) in [6.45, 7) is 0.763. The van der Waals surface area contributed by atoms with Gasteiger partial charge < -0.3 is 29.7 Å². The van der Waals surface area contributed by atoms with Crippen LogP contribution in [0.2, 0.25) is 0 Å². The average Bonchev–Trinajstić information content (AvgIpc) is 3.88. The van der Waals surface area contributed by atoms with Crippen molar-refractivity contribution in [3.8, 4) is 17.1 Å². The molecule has 5 aliphatic rings. The lowest BCUT2D eigenvalue weighted by molar-refractivity contribution is -0.141. The third-order valence-corrected chi connectivity index (χ3v) is 12.2. The van der Waals surface area contributed by atoms with Crippen molar-refractivity contribution in [1.82, 2.24) is 40.5 Å². The Morgan fingerprint density at radius 1 is 1.08 bits per heavy atom. The Hall–Kier alpha value is -4.58. The standard InChI is InChI=1S/C34H44N8O9S/c1-49-24-11-9-21(10-12-24)29-37-40-42(38-29)23-17-28-30(43)36-34(32(45)39-52(47,48)26-13-14-26)18-22(34)7-5-3-2-4-6-8-27(31(44)41(28)19-23)35-33(46)51-25-15-16-50-20-25/h5,7,9-12,22-23,25-28H,2-4,6,8,13-20H2,1H3,(H,35,46)(H,36,43)(H,39,45)/b7-5+/t22?,23-,25?,27+,28+,34-/m1/s1. The Morgan fingerprint density at radius 2 is 1.88 bits per heavy atom. The molecule has 0 radical (unpaired) electrons. The number of ether oxygens (including phenoxy) is 3. The van der Waals surface area contributed by atoms with Crippen LogP contribution in [0.3, 0.4) is 0 Å². The first-order valence-corrected chi connectivity index (χ1v) is 19.4. The highest BCUT2D eigenvalue weighted by Gasteiger charge is 2.62. The average molecular weight is 741 g/mol. The summed E-state index contributed by atoms with van der Waals surface area (Å²) in [6, 6.07) is 4.43. The summed E-state index contributed by atoms with van der Waals surface area (Å²) in [5, 5.41) is 18.0. The van der Waals surface area contributed by atoms with Crippen LogP contribution in [0, 0.1) is 5.92 Å². The molecule has 6 atom stereocenters. The molecule has 280 valence electrons. The molecule has 2 aliphatic carbocycles. The maximum atomic E-state index is 14.4. The van der Waals surface area contributed by atoms with E-state index in [4.69, 9.17) is 14.2 Å². The van der Waals surface area contributed by atoms with Crippen LogP contribution >= 0.6 is 0 Å². The zero-order valence-corrected chi connectivity index (χ0v) is 29.8. The molecule has 4 heterocycles. The number of nitrogens with one attached hydrogen (secondary N) is 3. The van der Waals surface area contributed by atoms with E-state index in [9.17, 15) is 27.6 Å². The van der Waals surface area contributed by atoms with E-state index in [2.05, 4.69) is 30.8 Å². The Morgan fingerprint density at radius 3 is 2.62 bits per heavy atom. The minimum Gasteiger partial charge on any atom is -0.497 e. The van der Waals surface area contributed by atoms with Gasteiger partial charge in [-0.05, 0) is 68.0 Å². The number of hydrogen-bond acceptors (Lipinski definition) is 12. The molecule has 2 saturated heterocycles. The molecule has 4 fully saturated rings. The van der Waals surface area contributed by atoms with E-state index in [1.54, 1.807) is 31.4 Å². The van der Waals surface area contributed by atoms with E-state index in [0.29, 0.717) is 62.3 Å². The van der Waals surface area contributed by atoms with E-state index >= 15 is 0 Å². The maximum Gasteiger partial charge on any atom is 0.408 e. The number of methoxy groups -OCH3 is 1. The van der Waals surface area contributed by atoms with Gasteiger partial charge in [-0.2, -0.15) is 4.80 Å². The molecule has 17 nitrogen and oxygen atoms in total. The molecule has 2 aromatic rings. The third-order valence-electron chi connectivity index (χ3n) is 10.4. The number of alkyl carbamates (subject to hydrolysis) is 1. The maximum absolute atomic E-state index is 14.4. The molecule has 1 aromatic heterocycles. The summed E-state index contributed by atoms with van der Waals surface area (Å²) in [6.07, 6.45) is 7.59. The van der Waals surface area contributed by atoms with Gasteiger partial charge in [-0.15, -0.1) is 10.2 Å². The van der Waals surface area contributed by atoms with Gasteiger partial charge >= 0.3 is 6.09 Å². The fraction of sp³-hybridized carbons (Fsp3) is 0.618. The van der Waals surface area contributed by atoms with Crippen molar-refractivity contribution in [3.05, 3.63) is 36.4 Å². The van der Waals surface area contributed by atoms with Crippen molar-refractivity contribution < 1.29 is 41.8 Å². The first-order valence-electron chi connectivity index (χ1n) is 17.9. The zero-order chi connectivity index (χ0) is 36.5. The van der Waals surface area contributed by atoms with E-state index in [-0.39, 0.29) is 26.0 Å². The predicted molar refractivity (Wildman–Crippen MR) is 183 cm³/mol. The number of hydrogen-bond donors (Lipinski definition) is 3. The van der Waals surface area contributed by atoms with Gasteiger partial charge in [0.05, 0.1) is 31.6 Å². The fourth-order valence-corrected chi connectivity index (χ4v) is 8.48. The molecule has 2 unspecified atom stereocenters. The third kappa shape index (κ3) is 7.77. The topological polar surface area (TPSA) is 213 Å². The van der Waals surface area contributed by atoms with E-state index in [0.717, 1.165) is 12.8 Å². The van der Waals surface area contributed by atoms with Gasteiger partial charge in [0.15, 0.2) is 0 Å². The SMILES string of the molecule is COc1ccc(-c2nnn([C@@H]3C[C@H]4C(=O)N[C@]5(C(=O)NS(=O)(=O)C6CC6)CC5/C=C/CCCCC[C@H](NC(=O)OC5CCOC5)C(=O)N4C3)n2)cc1. The molecule has 3 aliphatic heterocycles. The minimum atomic E-state index is -3.89. The number of tetrazole rings is 1. The van der Waals surface area contributed by atoms with Crippen LogP contribution in [0.15, 0.2) is 36.4 Å². The molecule has 0 spiro atoms. The second-order valence-corrected chi connectivity index (χ2v) is 16.1. The second kappa shape index (κ2) is 14.8. The number of nitrogens with zero attached hydrogens (tertiary/aromatic N) is 5. The summed E-state index contributed by atoms with van der Waals surface area (Å²) in [4.78, 5) is 58.1. The molecule has 3 N–H and O–H groups in total. The van der Waals surface area contributed by atoms with Gasteiger partial charge in [0.25, 0.3) is 5.91 Å². The van der Waals surface area contributed by atoms with Crippen molar-refractivity contribution in [2.75, 3.05) is 26.9 Å². The number of sulfonamides is 1. The molecule has 0 bridgehead atoms. The molecule has 2 saturated carbocycles. The number of allylic oxidation sites excluding steroid dienone is 1. The van der Waals surface area contributed by atoms with Crippen LogP contribution in [0.4, 0.5) is 4.79 Å². The van der Waals surface area contributed by atoms with Gasteiger partial charge in [0, 0.05) is 30.9 Å². The molecule has 52 heavy (non-hydrogen) atoms. The van der Waals surface area contributed by atoms with Gasteiger partial charge in [-0.25, -0.2) is 13.2 Å². The molecule has 1 aromatic carbocycles. The Balaban J connectivity index is 1.16. The van der Waals surface area contributed by atoms with Crippen LogP contribution in [0.1, 0.15) is 70.3 Å². The van der Waals surface area contributed by atoms with Crippen LogP contribution in [0.5, 0.6) is 5.75 Å². The number of benzene rings is 1. The second-order valence-electron chi connectivity index (χ2n) is 14.2. The first kappa shape index (κ1) is 35.8. The van der Waals surface area contributed by atoms with Gasteiger partial charge in [-0.3, -0.25) is 19.1 Å². The highest BCUT2D eigenvalue weighted by Crippen LogP contribution is 2.46. The normalized spacial score (nSPS) is 30.2. The number of rotatable bonds is 8. The smallest absolute Gasteiger partial charge is 0.408 e. The van der Waals surface area contributed by atoms with Gasteiger partial charge in [0.2, 0.25) is 27.7 Å². The molecule has 4 amide bonds. The van der Waals surface area contributed by atoms with Crippen LogP contribution in [-0.2, 0) is 33.9 Å². The van der Waals surface area contributed by atoms with Crippen molar-refractivity contribution >= 4 is 33.8 Å². The number of carbonyl (C=O) groups is 4. The Bertz CT molecular complexity index is 1810. The van der Waals surface area contributed by atoms with Gasteiger partial charge in [0.1, 0.15) is 29.5 Å². The highest BCUT2D eigenvalue weighted by molar-refractivity contribution is 7.91. The van der Waals surface area contributed by atoms with E-state index in [1.807, 2.05) is 12.2 Å². The number of carbonyl (C=O) groups excluding carboxylic acids is 4. The molecular weight excluding hydrogens is 696 g/mol. The molecule has 18 heteroatoms. The van der Waals surface area contributed by atoms with Gasteiger partial charge in [-0.1, -0.05) is 25.0 Å². The number of amides is 4. The first-order chi connectivity index (χ1) is 25.1. The lowest BCUT2D eigenvalue weighted by atomic mass is 10.0. The molecular formula is C34H44N8O9S.